The Morgan fingerprint density at radius 3 is 2.72 bits per heavy atom. The van der Waals surface area contributed by atoms with E-state index in [9.17, 15) is 0 Å². The van der Waals surface area contributed by atoms with Crippen LogP contribution in [0.4, 0.5) is 0 Å². The number of hydrogen-bond acceptors (Lipinski definition) is 5. The third-order valence-electron chi connectivity index (χ3n) is 4.45. The molecular weight excluding hydrogens is 316 g/mol. The van der Waals surface area contributed by atoms with Crippen molar-refractivity contribution in [3.05, 3.63) is 60.2 Å². The van der Waals surface area contributed by atoms with Gasteiger partial charge < -0.3 is 4.42 Å². The van der Waals surface area contributed by atoms with Gasteiger partial charge in [-0.15, -0.1) is 10.2 Å². The summed E-state index contributed by atoms with van der Waals surface area (Å²) in [7, 11) is 0. The molecule has 1 aromatic carbocycles. The summed E-state index contributed by atoms with van der Waals surface area (Å²) in [4.78, 5) is 4.58. The molecule has 0 fully saturated rings. The molecule has 0 bridgehead atoms. The van der Waals surface area contributed by atoms with Gasteiger partial charge in [-0.05, 0) is 49.2 Å². The predicted octanol–water partition coefficient (Wildman–Crippen LogP) is 3.34. The smallest absolute Gasteiger partial charge is 0.205 e. The molecular formula is C18H14N6O. The van der Waals surface area contributed by atoms with Crippen LogP contribution in [0.15, 0.2) is 53.5 Å². The van der Waals surface area contributed by atoms with E-state index in [1.54, 1.807) is 18.8 Å². The average Bonchev–Trinajstić information content (AvgIpc) is 3.34. The largest absolute Gasteiger partial charge is 0.461 e. The first-order valence-corrected chi connectivity index (χ1v) is 7.91. The summed E-state index contributed by atoms with van der Waals surface area (Å²) < 4.78 is 9.06. The van der Waals surface area contributed by atoms with Crippen molar-refractivity contribution in [3.8, 4) is 17.3 Å². The molecule has 7 nitrogen and oxygen atoms in total. The Bertz CT molecular complexity index is 1220. The first-order chi connectivity index (χ1) is 12.2. The average molecular weight is 330 g/mol. The summed E-state index contributed by atoms with van der Waals surface area (Å²) in [6, 6.07) is 9.90. The zero-order chi connectivity index (χ0) is 17.0. The van der Waals surface area contributed by atoms with Crippen LogP contribution in [0.1, 0.15) is 11.1 Å². The summed E-state index contributed by atoms with van der Waals surface area (Å²) in [5.74, 6) is 1.27. The van der Waals surface area contributed by atoms with Crippen LogP contribution in [0.2, 0.25) is 0 Å². The zero-order valence-electron chi connectivity index (χ0n) is 13.7. The van der Waals surface area contributed by atoms with Crippen LogP contribution in [0.3, 0.4) is 0 Å². The highest BCUT2D eigenvalue weighted by Crippen LogP contribution is 2.24. The van der Waals surface area contributed by atoms with Crippen molar-refractivity contribution < 1.29 is 4.42 Å². The topological polar surface area (TPSA) is 74.0 Å². The molecule has 0 radical (unpaired) electrons. The van der Waals surface area contributed by atoms with E-state index in [4.69, 9.17) is 4.42 Å². The fraction of sp³-hybridized carbons (Fsp3) is 0.111. The predicted molar refractivity (Wildman–Crippen MR) is 92.6 cm³/mol. The molecule has 5 rings (SSSR count). The molecule has 4 heterocycles. The Morgan fingerprint density at radius 1 is 1.00 bits per heavy atom. The zero-order valence-corrected chi connectivity index (χ0v) is 13.7. The molecule has 25 heavy (non-hydrogen) atoms. The molecule has 0 N–H and O–H groups in total. The second-order valence-electron chi connectivity index (χ2n) is 6.00. The quantitative estimate of drug-likeness (QED) is 0.496. The third-order valence-corrected chi connectivity index (χ3v) is 4.45. The molecule has 122 valence electrons. The van der Waals surface area contributed by atoms with E-state index in [0.29, 0.717) is 17.2 Å². The molecule has 0 aliphatic rings. The first-order valence-electron chi connectivity index (χ1n) is 7.91. The highest BCUT2D eigenvalue weighted by molar-refractivity contribution is 5.90. The second kappa shape index (κ2) is 5.01. The van der Waals surface area contributed by atoms with Crippen LogP contribution in [0, 0.1) is 13.8 Å². The molecule has 0 saturated carbocycles. The molecule has 0 aliphatic heterocycles. The molecule has 0 unspecified atom stereocenters. The Labute approximate surface area is 142 Å². The fourth-order valence-electron chi connectivity index (χ4n) is 2.94. The molecule has 0 aliphatic carbocycles. The summed E-state index contributed by atoms with van der Waals surface area (Å²) in [6.07, 6.45) is 5.09. The van der Waals surface area contributed by atoms with E-state index in [-0.39, 0.29) is 0 Å². The number of nitrogens with zero attached hydrogens (tertiary/aromatic N) is 6. The monoisotopic (exact) mass is 330 g/mol. The van der Waals surface area contributed by atoms with Gasteiger partial charge in [0.15, 0.2) is 17.1 Å². The van der Waals surface area contributed by atoms with Gasteiger partial charge in [0.2, 0.25) is 5.82 Å². The van der Waals surface area contributed by atoms with Gasteiger partial charge in [-0.2, -0.15) is 5.10 Å². The molecule has 0 saturated heterocycles. The maximum absolute atomic E-state index is 5.43. The highest BCUT2D eigenvalue weighted by atomic mass is 16.3. The van der Waals surface area contributed by atoms with Crippen LogP contribution in [-0.2, 0) is 0 Å². The third kappa shape index (κ3) is 1.99. The van der Waals surface area contributed by atoms with Crippen LogP contribution in [0.5, 0.6) is 0 Å². The number of furan rings is 1. The number of rotatable bonds is 2. The van der Waals surface area contributed by atoms with Crippen molar-refractivity contribution in [3.63, 3.8) is 0 Å². The van der Waals surface area contributed by atoms with Gasteiger partial charge in [0.05, 0.1) is 23.5 Å². The Morgan fingerprint density at radius 2 is 1.92 bits per heavy atom. The molecule has 5 aromatic rings. The summed E-state index contributed by atoms with van der Waals surface area (Å²) in [5, 5.41) is 13.9. The van der Waals surface area contributed by atoms with E-state index in [0.717, 1.165) is 16.7 Å². The van der Waals surface area contributed by atoms with Crippen molar-refractivity contribution in [1.82, 2.24) is 29.4 Å². The number of aromatic nitrogens is 6. The van der Waals surface area contributed by atoms with Gasteiger partial charge in [-0.1, -0.05) is 6.07 Å². The van der Waals surface area contributed by atoms with E-state index < -0.39 is 0 Å². The van der Waals surface area contributed by atoms with Crippen molar-refractivity contribution in [2.24, 2.45) is 0 Å². The normalized spacial score (nSPS) is 11.6. The lowest BCUT2D eigenvalue weighted by molar-refractivity contribution is 0.576. The summed E-state index contributed by atoms with van der Waals surface area (Å²) in [6.45, 7) is 4.18. The SMILES string of the molecule is Cc1ccc(-n2ncc3c2ncn2c(-c4ccco4)nnc32)cc1C. The van der Waals surface area contributed by atoms with Crippen LogP contribution in [-0.4, -0.2) is 29.4 Å². The first kappa shape index (κ1) is 13.9. The van der Waals surface area contributed by atoms with Crippen LogP contribution >= 0.6 is 0 Å². The van der Waals surface area contributed by atoms with Crippen molar-refractivity contribution in [2.45, 2.75) is 13.8 Å². The highest BCUT2D eigenvalue weighted by Gasteiger charge is 2.16. The number of aryl methyl sites for hydroxylation is 2. The minimum Gasteiger partial charge on any atom is -0.461 e. The van der Waals surface area contributed by atoms with Gasteiger partial charge in [0.1, 0.15) is 6.33 Å². The number of benzene rings is 1. The minimum absolute atomic E-state index is 0.619. The van der Waals surface area contributed by atoms with Gasteiger partial charge in [0, 0.05) is 0 Å². The molecule has 0 atom stereocenters. The van der Waals surface area contributed by atoms with Crippen molar-refractivity contribution in [1.29, 1.82) is 0 Å². The minimum atomic E-state index is 0.619. The molecule has 0 amide bonds. The van der Waals surface area contributed by atoms with E-state index in [2.05, 4.69) is 46.3 Å². The summed E-state index contributed by atoms with van der Waals surface area (Å²) in [5.41, 5.74) is 4.88. The molecule has 7 heteroatoms. The van der Waals surface area contributed by atoms with E-state index in [1.165, 1.54) is 11.1 Å². The maximum Gasteiger partial charge on any atom is 0.205 e. The lowest BCUT2D eigenvalue weighted by Crippen LogP contribution is -2.00. The second-order valence-corrected chi connectivity index (χ2v) is 6.00. The van der Waals surface area contributed by atoms with E-state index >= 15 is 0 Å². The van der Waals surface area contributed by atoms with Crippen LogP contribution < -0.4 is 0 Å². The van der Waals surface area contributed by atoms with Crippen molar-refractivity contribution in [2.75, 3.05) is 0 Å². The van der Waals surface area contributed by atoms with E-state index in [1.807, 2.05) is 27.3 Å². The van der Waals surface area contributed by atoms with Gasteiger partial charge in [-0.25, -0.2) is 9.67 Å². The number of fused-ring (bicyclic) bond motifs is 3. The van der Waals surface area contributed by atoms with Gasteiger partial charge in [0.25, 0.3) is 0 Å². The lowest BCUT2D eigenvalue weighted by Gasteiger charge is -2.06. The lowest BCUT2D eigenvalue weighted by atomic mass is 10.1. The van der Waals surface area contributed by atoms with Crippen molar-refractivity contribution >= 4 is 16.7 Å². The van der Waals surface area contributed by atoms with Crippen LogP contribution in [0.25, 0.3) is 34.0 Å². The molecule has 0 spiro atoms. The standard InChI is InChI=1S/C18H14N6O/c1-11-5-6-13(8-12(11)2)24-16-14(9-20-24)17-21-22-18(23(17)10-19-16)15-4-3-7-25-15/h3-10H,1-2H3. The fourth-order valence-corrected chi connectivity index (χ4v) is 2.94. The maximum atomic E-state index is 5.43. The summed E-state index contributed by atoms with van der Waals surface area (Å²) >= 11 is 0. The Balaban J connectivity index is 1.74. The molecule has 4 aromatic heterocycles. The Hall–Kier alpha value is -3.48. The van der Waals surface area contributed by atoms with Gasteiger partial charge in [-0.3, -0.25) is 4.40 Å². The van der Waals surface area contributed by atoms with Gasteiger partial charge >= 0.3 is 0 Å². The number of hydrogen-bond donors (Lipinski definition) is 0. The Kier molecular flexibility index (Phi) is 2.79.